The highest BCUT2D eigenvalue weighted by Gasteiger charge is 2.32. The number of piperazine rings is 1. The summed E-state index contributed by atoms with van der Waals surface area (Å²) in [6.07, 6.45) is -1.76. The number of nitrogens with zero attached hydrogens (tertiary/aromatic N) is 3. The van der Waals surface area contributed by atoms with Crippen LogP contribution in [0.15, 0.2) is 42.6 Å². The number of thioether (sulfide) groups is 1. The summed E-state index contributed by atoms with van der Waals surface area (Å²) in [6.45, 7) is 1.76. The number of pyridine rings is 1. The molecule has 0 radical (unpaired) electrons. The van der Waals surface area contributed by atoms with Gasteiger partial charge in [-0.2, -0.15) is 24.9 Å². The number of carbonyl (C=O) groups is 1. The van der Waals surface area contributed by atoms with E-state index in [-0.39, 0.29) is 12.0 Å². The van der Waals surface area contributed by atoms with Gasteiger partial charge in [0.15, 0.2) is 0 Å². The van der Waals surface area contributed by atoms with Gasteiger partial charge in [-0.15, -0.1) is 0 Å². The number of hydrogen-bond acceptors (Lipinski definition) is 5. The molecule has 2 aliphatic heterocycles. The fraction of sp³-hybridized carbons (Fsp3) is 0.429. The van der Waals surface area contributed by atoms with Crippen molar-refractivity contribution >= 4 is 23.4 Å². The summed E-state index contributed by atoms with van der Waals surface area (Å²) < 4.78 is 44.9. The van der Waals surface area contributed by atoms with Crippen LogP contribution < -0.4 is 9.64 Å². The Morgan fingerprint density at radius 1 is 1.13 bits per heavy atom. The summed E-state index contributed by atoms with van der Waals surface area (Å²) in [5.74, 6) is 2.13. The summed E-state index contributed by atoms with van der Waals surface area (Å²) in [7, 11) is 0. The Bertz CT molecular complexity index is 895. The number of aromatic nitrogens is 1. The van der Waals surface area contributed by atoms with E-state index in [0.29, 0.717) is 43.3 Å². The Labute approximate surface area is 177 Å². The van der Waals surface area contributed by atoms with Crippen molar-refractivity contribution in [3.05, 3.63) is 53.7 Å². The predicted molar refractivity (Wildman–Crippen MR) is 110 cm³/mol. The third-order valence-corrected chi connectivity index (χ3v) is 6.41. The van der Waals surface area contributed by atoms with Crippen molar-refractivity contribution in [3.63, 3.8) is 0 Å². The second kappa shape index (κ2) is 8.75. The number of benzene rings is 1. The van der Waals surface area contributed by atoms with Crippen molar-refractivity contribution in [2.45, 2.75) is 18.7 Å². The molecule has 0 aliphatic carbocycles. The van der Waals surface area contributed by atoms with Crippen molar-refractivity contribution in [1.82, 2.24) is 9.88 Å². The average molecular weight is 437 g/mol. The fourth-order valence-corrected chi connectivity index (χ4v) is 4.72. The molecule has 2 saturated heterocycles. The SMILES string of the molecule is O=C(c1cccnc1O[C@@H]1CCSC1)N1CCN(c2cccc(C(F)(F)F)c2)CC1. The average Bonchev–Trinajstić information content (AvgIpc) is 3.26. The van der Waals surface area contributed by atoms with Crippen LogP contribution >= 0.6 is 11.8 Å². The monoisotopic (exact) mass is 437 g/mol. The van der Waals surface area contributed by atoms with E-state index in [1.807, 2.05) is 16.7 Å². The number of anilines is 1. The zero-order chi connectivity index (χ0) is 21.1. The molecule has 1 aromatic carbocycles. The number of ether oxygens (including phenoxy) is 1. The molecule has 1 aromatic heterocycles. The van der Waals surface area contributed by atoms with Gasteiger partial charge in [0.05, 0.1) is 5.56 Å². The van der Waals surface area contributed by atoms with Crippen molar-refractivity contribution in [2.24, 2.45) is 0 Å². The Morgan fingerprint density at radius 3 is 2.63 bits per heavy atom. The first-order valence-corrected chi connectivity index (χ1v) is 11.0. The molecule has 2 aliphatic rings. The first-order chi connectivity index (χ1) is 14.4. The Kier molecular flexibility index (Phi) is 6.08. The van der Waals surface area contributed by atoms with Gasteiger partial charge in [-0.25, -0.2) is 4.98 Å². The summed E-state index contributed by atoms with van der Waals surface area (Å²) >= 11 is 1.82. The van der Waals surface area contributed by atoms with Crippen LogP contribution in [0.3, 0.4) is 0 Å². The van der Waals surface area contributed by atoms with Gasteiger partial charge in [-0.1, -0.05) is 6.07 Å². The molecule has 160 valence electrons. The predicted octanol–water partition coefficient (Wildman–Crippen LogP) is 3.95. The Balaban J connectivity index is 1.42. The van der Waals surface area contributed by atoms with Crippen LogP contribution in [0.4, 0.5) is 18.9 Å². The van der Waals surface area contributed by atoms with E-state index in [4.69, 9.17) is 4.74 Å². The van der Waals surface area contributed by atoms with Gasteiger partial charge >= 0.3 is 6.18 Å². The molecule has 0 saturated carbocycles. The summed E-state index contributed by atoms with van der Waals surface area (Å²) in [5, 5.41) is 0. The minimum absolute atomic E-state index is 0.0641. The first kappa shape index (κ1) is 20.8. The number of rotatable bonds is 4. The number of hydrogen-bond donors (Lipinski definition) is 0. The second-order valence-electron chi connectivity index (χ2n) is 7.29. The van der Waals surface area contributed by atoms with E-state index in [9.17, 15) is 18.0 Å². The molecule has 0 unspecified atom stereocenters. The Hall–Kier alpha value is -2.42. The molecule has 5 nitrogen and oxygen atoms in total. The molecule has 0 bridgehead atoms. The van der Waals surface area contributed by atoms with E-state index >= 15 is 0 Å². The zero-order valence-corrected chi connectivity index (χ0v) is 17.1. The van der Waals surface area contributed by atoms with Gasteiger partial charge in [0.1, 0.15) is 11.7 Å². The van der Waals surface area contributed by atoms with E-state index in [1.54, 1.807) is 29.3 Å². The lowest BCUT2D eigenvalue weighted by Crippen LogP contribution is -2.49. The van der Waals surface area contributed by atoms with Gasteiger partial charge in [0.2, 0.25) is 5.88 Å². The fourth-order valence-electron chi connectivity index (χ4n) is 3.63. The molecule has 1 atom stereocenters. The highest BCUT2D eigenvalue weighted by molar-refractivity contribution is 7.99. The number of alkyl halides is 3. The lowest BCUT2D eigenvalue weighted by atomic mass is 10.1. The maximum absolute atomic E-state index is 13.1. The van der Waals surface area contributed by atoms with Crippen molar-refractivity contribution in [3.8, 4) is 5.88 Å². The topological polar surface area (TPSA) is 45.7 Å². The minimum atomic E-state index is -4.37. The normalized spacial score (nSPS) is 19.8. The van der Waals surface area contributed by atoms with Crippen LogP contribution in [0.1, 0.15) is 22.3 Å². The van der Waals surface area contributed by atoms with Gasteiger partial charge in [0, 0.05) is 43.8 Å². The van der Waals surface area contributed by atoms with E-state index in [1.165, 1.54) is 6.07 Å². The molecule has 1 amide bonds. The van der Waals surface area contributed by atoms with E-state index < -0.39 is 11.7 Å². The molecule has 30 heavy (non-hydrogen) atoms. The minimum Gasteiger partial charge on any atom is -0.473 e. The quantitative estimate of drug-likeness (QED) is 0.725. The molecule has 4 rings (SSSR count). The molecule has 9 heteroatoms. The van der Waals surface area contributed by atoms with Crippen LogP contribution in [0.2, 0.25) is 0 Å². The lowest BCUT2D eigenvalue weighted by Gasteiger charge is -2.36. The van der Waals surface area contributed by atoms with Crippen LogP contribution in [-0.4, -0.2) is 59.6 Å². The molecule has 0 N–H and O–H groups in total. The summed E-state index contributed by atoms with van der Waals surface area (Å²) in [6, 6.07) is 8.73. The first-order valence-electron chi connectivity index (χ1n) is 9.83. The molecule has 2 fully saturated rings. The van der Waals surface area contributed by atoms with Crippen LogP contribution in [0.5, 0.6) is 5.88 Å². The van der Waals surface area contributed by atoms with Crippen LogP contribution in [0.25, 0.3) is 0 Å². The highest BCUT2D eigenvalue weighted by Crippen LogP contribution is 2.32. The maximum Gasteiger partial charge on any atom is 0.416 e. The molecular weight excluding hydrogens is 415 g/mol. The van der Waals surface area contributed by atoms with Gasteiger partial charge in [-0.3, -0.25) is 4.79 Å². The highest BCUT2D eigenvalue weighted by atomic mass is 32.2. The number of amides is 1. The third kappa shape index (κ3) is 4.66. The van der Waals surface area contributed by atoms with Crippen molar-refractivity contribution < 1.29 is 22.7 Å². The molecular formula is C21H22F3N3O2S. The van der Waals surface area contributed by atoms with Gasteiger partial charge in [0.25, 0.3) is 5.91 Å². The summed E-state index contributed by atoms with van der Waals surface area (Å²) in [4.78, 5) is 20.9. The third-order valence-electron chi connectivity index (χ3n) is 5.27. The van der Waals surface area contributed by atoms with E-state index in [2.05, 4.69) is 4.98 Å². The van der Waals surface area contributed by atoms with Crippen molar-refractivity contribution in [1.29, 1.82) is 0 Å². The smallest absolute Gasteiger partial charge is 0.416 e. The maximum atomic E-state index is 13.1. The van der Waals surface area contributed by atoms with Crippen molar-refractivity contribution in [2.75, 3.05) is 42.6 Å². The largest absolute Gasteiger partial charge is 0.473 e. The molecule has 0 spiro atoms. The van der Waals surface area contributed by atoms with Gasteiger partial charge in [-0.05, 0) is 42.5 Å². The van der Waals surface area contributed by atoms with Crippen LogP contribution in [-0.2, 0) is 6.18 Å². The lowest BCUT2D eigenvalue weighted by molar-refractivity contribution is -0.137. The summed E-state index contributed by atoms with van der Waals surface area (Å²) in [5.41, 5.74) is 0.281. The van der Waals surface area contributed by atoms with Crippen LogP contribution in [0, 0.1) is 0 Å². The number of carbonyl (C=O) groups excluding carboxylic acids is 1. The molecule has 3 heterocycles. The van der Waals surface area contributed by atoms with E-state index in [0.717, 1.165) is 30.1 Å². The zero-order valence-electron chi connectivity index (χ0n) is 16.3. The molecule has 2 aromatic rings. The Morgan fingerprint density at radius 2 is 1.93 bits per heavy atom. The second-order valence-corrected chi connectivity index (χ2v) is 8.44. The van der Waals surface area contributed by atoms with Gasteiger partial charge < -0.3 is 14.5 Å². The standard InChI is InChI=1S/C21H22F3N3O2S/c22-21(23,24)15-3-1-4-16(13-15)26-8-10-27(11-9-26)20(28)18-5-2-7-25-19(18)29-17-6-12-30-14-17/h1-5,7,13,17H,6,8-12,14H2/t17-/m1/s1. The number of halogens is 3.